The van der Waals surface area contributed by atoms with Crippen molar-refractivity contribution in [2.45, 2.75) is 32.1 Å². The van der Waals surface area contributed by atoms with Crippen LogP contribution in [0.4, 0.5) is 0 Å². The van der Waals surface area contributed by atoms with E-state index in [9.17, 15) is 9.59 Å². The maximum absolute atomic E-state index is 12.4. The number of amides is 2. The molecule has 130 valence electrons. The number of carbonyl (C=O) groups is 2. The normalized spacial score (nSPS) is 23.0. The van der Waals surface area contributed by atoms with Crippen molar-refractivity contribution in [1.82, 2.24) is 10.2 Å². The second-order valence-corrected chi connectivity index (χ2v) is 7.46. The van der Waals surface area contributed by atoms with E-state index in [4.69, 9.17) is 23.2 Å². The molecule has 6 heteroatoms. The second-order valence-electron chi connectivity index (χ2n) is 6.61. The van der Waals surface area contributed by atoms with Crippen LogP contribution in [0.15, 0.2) is 18.2 Å². The van der Waals surface area contributed by atoms with Gasteiger partial charge >= 0.3 is 0 Å². The monoisotopic (exact) mass is 368 g/mol. The Labute approximate surface area is 152 Å². The molecule has 2 atom stereocenters. The summed E-state index contributed by atoms with van der Waals surface area (Å²) >= 11 is 12.0. The van der Waals surface area contributed by atoms with Gasteiger partial charge in [-0.3, -0.25) is 9.59 Å². The van der Waals surface area contributed by atoms with Crippen molar-refractivity contribution in [2.75, 3.05) is 19.6 Å². The van der Waals surface area contributed by atoms with E-state index < -0.39 is 0 Å². The minimum Gasteiger partial charge on any atom is -0.356 e. The minimum absolute atomic E-state index is 0.0181. The molecule has 0 radical (unpaired) electrons. The van der Waals surface area contributed by atoms with Crippen LogP contribution in [0.2, 0.25) is 10.0 Å². The molecule has 1 aliphatic heterocycles. The first-order valence-corrected chi connectivity index (χ1v) is 9.32. The van der Waals surface area contributed by atoms with Crippen LogP contribution in [-0.2, 0) is 16.0 Å². The lowest BCUT2D eigenvalue weighted by atomic mass is 10.1. The summed E-state index contributed by atoms with van der Waals surface area (Å²) in [7, 11) is 0. The molecular formula is C18H22Cl2N2O2. The lowest BCUT2D eigenvalue weighted by molar-refractivity contribution is -0.135. The van der Waals surface area contributed by atoms with E-state index in [2.05, 4.69) is 5.32 Å². The highest BCUT2D eigenvalue weighted by molar-refractivity contribution is 6.35. The predicted molar refractivity (Wildman–Crippen MR) is 95.2 cm³/mol. The molecule has 24 heavy (non-hydrogen) atoms. The number of benzene rings is 1. The van der Waals surface area contributed by atoms with Gasteiger partial charge in [0.05, 0.1) is 11.8 Å². The molecule has 1 N–H and O–H groups in total. The summed E-state index contributed by atoms with van der Waals surface area (Å²) in [6, 6.07) is 5.36. The van der Waals surface area contributed by atoms with Crippen LogP contribution in [0.1, 0.15) is 31.2 Å². The van der Waals surface area contributed by atoms with Gasteiger partial charge in [-0.1, -0.05) is 29.3 Å². The van der Waals surface area contributed by atoms with Gasteiger partial charge in [-0.15, -0.1) is 0 Å². The highest BCUT2D eigenvalue weighted by Gasteiger charge is 2.49. The van der Waals surface area contributed by atoms with E-state index in [0.717, 1.165) is 31.5 Å². The van der Waals surface area contributed by atoms with Gasteiger partial charge in [0.2, 0.25) is 11.8 Å². The summed E-state index contributed by atoms with van der Waals surface area (Å²) in [6.45, 7) is 2.21. The number of hydrogen-bond donors (Lipinski definition) is 1. The van der Waals surface area contributed by atoms with E-state index in [-0.39, 0.29) is 23.7 Å². The van der Waals surface area contributed by atoms with Gasteiger partial charge in [-0.05, 0) is 49.8 Å². The SMILES string of the molecule is O=C(NCCc1ccc(Cl)cc1Cl)C1CC1C(=O)N1CCCCC1. The van der Waals surface area contributed by atoms with E-state index in [0.29, 0.717) is 29.4 Å². The first kappa shape index (κ1) is 17.6. The number of carbonyl (C=O) groups excluding carboxylic acids is 2. The van der Waals surface area contributed by atoms with Crippen molar-refractivity contribution in [3.8, 4) is 0 Å². The molecule has 2 amide bonds. The molecule has 1 aliphatic carbocycles. The Morgan fingerprint density at radius 2 is 1.88 bits per heavy atom. The zero-order valence-corrected chi connectivity index (χ0v) is 15.1. The lowest BCUT2D eigenvalue weighted by Crippen LogP contribution is -2.38. The van der Waals surface area contributed by atoms with Gasteiger partial charge in [0, 0.05) is 29.7 Å². The van der Waals surface area contributed by atoms with Crippen LogP contribution in [0, 0.1) is 11.8 Å². The van der Waals surface area contributed by atoms with Gasteiger partial charge in [0.25, 0.3) is 0 Å². The topological polar surface area (TPSA) is 49.4 Å². The van der Waals surface area contributed by atoms with Crippen LogP contribution in [-0.4, -0.2) is 36.3 Å². The Kier molecular flexibility index (Phi) is 5.67. The number of piperidine rings is 1. The van der Waals surface area contributed by atoms with Gasteiger partial charge in [-0.25, -0.2) is 0 Å². The maximum Gasteiger partial charge on any atom is 0.226 e. The Bertz CT molecular complexity index is 629. The van der Waals surface area contributed by atoms with Crippen LogP contribution in [0.5, 0.6) is 0 Å². The number of rotatable bonds is 5. The van der Waals surface area contributed by atoms with Gasteiger partial charge in [0.1, 0.15) is 0 Å². The smallest absolute Gasteiger partial charge is 0.226 e. The molecule has 0 spiro atoms. The number of nitrogens with one attached hydrogen (secondary N) is 1. The third-order valence-corrected chi connectivity index (χ3v) is 5.41. The zero-order chi connectivity index (χ0) is 17.1. The van der Waals surface area contributed by atoms with E-state index in [1.807, 2.05) is 11.0 Å². The quantitative estimate of drug-likeness (QED) is 0.866. The van der Waals surface area contributed by atoms with Crippen molar-refractivity contribution < 1.29 is 9.59 Å². The molecule has 1 aromatic carbocycles. The summed E-state index contributed by atoms with van der Waals surface area (Å²) < 4.78 is 0. The Morgan fingerprint density at radius 1 is 1.12 bits per heavy atom. The highest BCUT2D eigenvalue weighted by Crippen LogP contribution is 2.40. The van der Waals surface area contributed by atoms with Crippen molar-refractivity contribution in [1.29, 1.82) is 0 Å². The third kappa shape index (κ3) is 4.22. The largest absolute Gasteiger partial charge is 0.356 e. The lowest BCUT2D eigenvalue weighted by Gasteiger charge is -2.26. The van der Waals surface area contributed by atoms with Crippen molar-refractivity contribution >= 4 is 35.0 Å². The molecule has 0 bridgehead atoms. The minimum atomic E-state index is -0.153. The fourth-order valence-electron chi connectivity index (χ4n) is 3.28. The Morgan fingerprint density at radius 3 is 2.58 bits per heavy atom. The molecule has 1 saturated carbocycles. The second kappa shape index (κ2) is 7.75. The zero-order valence-electron chi connectivity index (χ0n) is 13.6. The standard InChI is InChI=1S/C18H22Cl2N2O2/c19-13-5-4-12(16(20)10-13)6-7-21-17(23)14-11-15(14)18(24)22-8-2-1-3-9-22/h4-5,10,14-15H,1-3,6-9,11H2,(H,21,23). The van der Waals surface area contributed by atoms with Crippen LogP contribution >= 0.6 is 23.2 Å². The van der Waals surface area contributed by atoms with Crippen LogP contribution in [0.3, 0.4) is 0 Å². The van der Waals surface area contributed by atoms with E-state index in [1.165, 1.54) is 6.42 Å². The molecular weight excluding hydrogens is 347 g/mol. The molecule has 1 saturated heterocycles. The third-order valence-electron chi connectivity index (χ3n) is 4.82. The molecule has 1 aromatic rings. The van der Waals surface area contributed by atoms with Gasteiger partial charge in [0.15, 0.2) is 0 Å². The van der Waals surface area contributed by atoms with Crippen molar-refractivity contribution in [2.24, 2.45) is 11.8 Å². The predicted octanol–water partition coefficient (Wildman–Crippen LogP) is 3.30. The average Bonchev–Trinajstić information content (AvgIpc) is 3.37. The van der Waals surface area contributed by atoms with Crippen molar-refractivity contribution in [3.05, 3.63) is 33.8 Å². The first-order valence-electron chi connectivity index (χ1n) is 8.56. The first-order chi connectivity index (χ1) is 11.6. The van der Waals surface area contributed by atoms with Crippen molar-refractivity contribution in [3.63, 3.8) is 0 Å². The van der Waals surface area contributed by atoms with Crippen LogP contribution < -0.4 is 5.32 Å². The number of hydrogen-bond acceptors (Lipinski definition) is 2. The summed E-state index contributed by atoms with van der Waals surface area (Å²) in [5.74, 6) is -0.117. The van der Waals surface area contributed by atoms with E-state index in [1.54, 1.807) is 12.1 Å². The molecule has 0 aromatic heterocycles. The molecule has 3 rings (SSSR count). The summed E-state index contributed by atoms with van der Waals surface area (Å²) in [5, 5.41) is 4.14. The fraction of sp³-hybridized carbons (Fsp3) is 0.556. The molecule has 4 nitrogen and oxygen atoms in total. The summed E-state index contributed by atoms with van der Waals surface area (Å²) in [5.41, 5.74) is 0.957. The Balaban J connectivity index is 1.42. The maximum atomic E-state index is 12.4. The van der Waals surface area contributed by atoms with Crippen LogP contribution in [0.25, 0.3) is 0 Å². The number of likely N-dealkylation sites (tertiary alicyclic amines) is 1. The average molecular weight is 369 g/mol. The van der Waals surface area contributed by atoms with Gasteiger partial charge < -0.3 is 10.2 Å². The summed E-state index contributed by atoms with van der Waals surface area (Å²) in [6.07, 6.45) is 4.70. The van der Waals surface area contributed by atoms with Gasteiger partial charge in [-0.2, -0.15) is 0 Å². The number of halogens is 2. The molecule has 2 unspecified atom stereocenters. The Hall–Kier alpha value is -1.26. The highest BCUT2D eigenvalue weighted by atomic mass is 35.5. The molecule has 2 fully saturated rings. The number of nitrogens with zero attached hydrogens (tertiary/aromatic N) is 1. The fourth-order valence-corrected chi connectivity index (χ4v) is 3.79. The van der Waals surface area contributed by atoms with E-state index >= 15 is 0 Å². The molecule has 1 heterocycles. The molecule has 2 aliphatic rings. The summed E-state index contributed by atoms with van der Waals surface area (Å²) in [4.78, 5) is 26.5.